The lowest BCUT2D eigenvalue weighted by Gasteiger charge is -2.02. The van der Waals surface area contributed by atoms with Crippen LogP contribution < -0.4 is 5.32 Å². The topological polar surface area (TPSA) is 29.1 Å². The molecular weight excluding hydrogens is 242 g/mol. The standard InChI is InChI=1S/C11H22BrNO/c1-2-3-4-5-6-7-8-11(14)13-10-9-12/h2-10H2,1H3,(H,13,14). The summed E-state index contributed by atoms with van der Waals surface area (Å²) in [7, 11) is 0. The van der Waals surface area contributed by atoms with Crippen molar-refractivity contribution in [3.05, 3.63) is 0 Å². The van der Waals surface area contributed by atoms with Gasteiger partial charge >= 0.3 is 0 Å². The van der Waals surface area contributed by atoms with Crippen LogP contribution in [0.3, 0.4) is 0 Å². The first-order valence-corrected chi connectivity index (χ1v) is 6.76. The maximum absolute atomic E-state index is 11.2. The molecular formula is C11H22BrNO. The molecule has 0 saturated heterocycles. The maximum atomic E-state index is 11.2. The number of alkyl halides is 1. The molecule has 0 unspecified atom stereocenters. The highest BCUT2D eigenvalue weighted by Crippen LogP contribution is 2.06. The summed E-state index contributed by atoms with van der Waals surface area (Å²) in [5.41, 5.74) is 0. The minimum absolute atomic E-state index is 0.194. The summed E-state index contributed by atoms with van der Waals surface area (Å²) in [5.74, 6) is 0.194. The molecule has 2 nitrogen and oxygen atoms in total. The second-order valence-electron chi connectivity index (χ2n) is 3.56. The van der Waals surface area contributed by atoms with Crippen LogP contribution in [0.1, 0.15) is 51.9 Å². The zero-order valence-corrected chi connectivity index (χ0v) is 10.7. The highest BCUT2D eigenvalue weighted by molar-refractivity contribution is 9.09. The number of rotatable bonds is 9. The Labute approximate surface area is 96.0 Å². The van der Waals surface area contributed by atoms with Crippen LogP contribution in [0.25, 0.3) is 0 Å². The molecule has 3 heteroatoms. The summed E-state index contributed by atoms with van der Waals surface area (Å²) in [6, 6.07) is 0. The number of hydrogen-bond donors (Lipinski definition) is 1. The van der Waals surface area contributed by atoms with E-state index in [-0.39, 0.29) is 5.91 Å². The van der Waals surface area contributed by atoms with Crippen molar-refractivity contribution in [2.24, 2.45) is 0 Å². The average molecular weight is 264 g/mol. The molecule has 14 heavy (non-hydrogen) atoms. The second-order valence-corrected chi connectivity index (χ2v) is 4.35. The zero-order chi connectivity index (χ0) is 10.6. The Morgan fingerprint density at radius 3 is 2.43 bits per heavy atom. The molecule has 0 spiro atoms. The van der Waals surface area contributed by atoms with Gasteiger partial charge in [0.15, 0.2) is 0 Å². The molecule has 0 aliphatic rings. The fourth-order valence-electron chi connectivity index (χ4n) is 1.34. The van der Waals surface area contributed by atoms with E-state index in [0.717, 1.165) is 18.3 Å². The summed E-state index contributed by atoms with van der Waals surface area (Å²) in [5, 5.41) is 3.69. The number of hydrogen-bond acceptors (Lipinski definition) is 1. The van der Waals surface area contributed by atoms with Gasteiger partial charge in [0.1, 0.15) is 0 Å². The van der Waals surface area contributed by atoms with Gasteiger partial charge in [-0.25, -0.2) is 0 Å². The van der Waals surface area contributed by atoms with Crippen LogP contribution in [0, 0.1) is 0 Å². The molecule has 0 bridgehead atoms. The minimum Gasteiger partial charge on any atom is -0.355 e. The van der Waals surface area contributed by atoms with Gasteiger partial charge in [-0.2, -0.15) is 0 Å². The summed E-state index contributed by atoms with van der Waals surface area (Å²) in [4.78, 5) is 11.2. The van der Waals surface area contributed by atoms with E-state index >= 15 is 0 Å². The van der Waals surface area contributed by atoms with Crippen LogP contribution >= 0.6 is 15.9 Å². The Morgan fingerprint density at radius 1 is 1.14 bits per heavy atom. The van der Waals surface area contributed by atoms with Crippen LogP contribution in [-0.4, -0.2) is 17.8 Å². The Hall–Kier alpha value is -0.0500. The van der Waals surface area contributed by atoms with Crippen LogP contribution in [0.2, 0.25) is 0 Å². The number of halogens is 1. The average Bonchev–Trinajstić information content (AvgIpc) is 2.20. The van der Waals surface area contributed by atoms with Crippen molar-refractivity contribution >= 4 is 21.8 Å². The van der Waals surface area contributed by atoms with E-state index in [1.807, 2.05) is 0 Å². The lowest BCUT2D eigenvalue weighted by molar-refractivity contribution is -0.121. The fourth-order valence-corrected chi connectivity index (χ4v) is 1.54. The van der Waals surface area contributed by atoms with Gasteiger partial charge in [-0.15, -0.1) is 0 Å². The highest BCUT2D eigenvalue weighted by atomic mass is 79.9. The molecule has 0 atom stereocenters. The summed E-state index contributed by atoms with van der Waals surface area (Å²) in [6.45, 7) is 2.96. The van der Waals surface area contributed by atoms with Gasteiger partial charge in [0.25, 0.3) is 0 Å². The highest BCUT2D eigenvalue weighted by Gasteiger charge is 1.98. The monoisotopic (exact) mass is 263 g/mol. The van der Waals surface area contributed by atoms with Crippen molar-refractivity contribution in [1.29, 1.82) is 0 Å². The van der Waals surface area contributed by atoms with E-state index in [2.05, 4.69) is 28.2 Å². The second kappa shape index (κ2) is 11.0. The normalized spacial score (nSPS) is 10.1. The summed E-state index contributed by atoms with van der Waals surface area (Å²) in [6.07, 6.45) is 8.14. The third-order valence-electron chi connectivity index (χ3n) is 2.17. The van der Waals surface area contributed by atoms with Gasteiger partial charge in [0.2, 0.25) is 5.91 Å². The van der Waals surface area contributed by atoms with Gasteiger partial charge in [-0.3, -0.25) is 4.79 Å². The smallest absolute Gasteiger partial charge is 0.220 e. The van der Waals surface area contributed by atoms with E-state index in [1.54, 1.807) is 0 Å². The van der Waals surface area contributed by atoms with Crippen molar-refractivity contribution < 1.29 is 4.79 Å². The third-order valence-corrected chi connectivity index (χ3v) is 2.57. The van der Waals surface area contributed by atoms with Gasteiger partial charge in [-0.05, 0) is 6.42 Å². The SMILES string of the molecule is CCCCCCCCC(=O)NCCBr. The molecule has 1 amide bonds. The van der Waals surface area contributed by atoms with Crippen LogP contribution in [0.5, 0.6) is 0 Å². The Morgan fingerprint density at radius 2 is 1.79 bits per heavy atom. The van der Waals surface area contributed by atoms with E-state index in [1.165, 1.54) is 32.1 Å². The van der Waals surface area contributed by atoms with Crippen molar-refractivity contribution in [3.63, 3.8) is 0 Å². The lowest BCUT2D eigenvalue weighted by atomic mass is 10.1. The Balaban J connectivity index is 3.07. The number of nitrogens with one attached hydrogen (secondary N) is 1. The largest absolute Gasteiger partial charge is 0.355 e. The third kappa shape index (κ3) is 10.0. The first-order valence-electron chi connectivity index (χ1n) is 5.64. The van der Waals surface area contributed by atoms with Gasteiger partial charge < -0.3 is 5.32 Å². The van der Waals surface area contributed by atoms with Gasteiger partial charge in [-0.1, -0.05) is 55.0 Å². The van der Waals surface area contributed by atoms with Crippen LogP contribution in [-0.2, 0) is 4.79 Å². The molecule has 0 aromatic carbocycles. The van der Waals surface area contributed by atoms with E-state index in [9.17, 15) is 4.79 Å². The molecule has 0 rings (SSSR count). The molecule has 1 N–H and O–H groups in total. The molecule has 0 saturated carbocycles. The molecule has 0 radical (unpaired) electrons. The molecule has 0 aromatic rings. The number of unbranched alkanes of at least 4 members (excludes halogenated alkanes) is 5. The molecule has 0 heterocycles. The molecule has 0 aliphatic carbocycles. The van der Waals surface area contributed by atoms with E-state index in [0.29, 0.717) is 6.42 Å². The zero-order valence-electron chi connectivity index (χ0n) is 9.15. The number of carbonyl (C=O) groups is 1. The Bertz CT molecular complexity index is 139. The van der Waals surface area contributed by atoms with Crippen molar-refractivity contribution in [3.8, 4) is 0 Å². The molecule has 0 aromatic heterocycles. The van der Waals surface area contributed by atoms with Gasteiger partial charge in [0.05, 0.1) is 0 Å². The predicted molar refractivity (Wildman–Crippen MR) is 64.8 cm³/mol. The van der Waals surface area contributed by atoms with Gasteiger partial charge in [0, 0.05) is 18.3 Å². The van der Waals surface area contributed by atoms with E-state index in [4.69, 9.17) is 0 Å². The minimum atomic E-state index is 0.194. The molecule has 84 valence electrons. The van der Waals surface area contributed by atoms with Crippen LogP contribution in [0.4, 0.5) is 0 Å². The number of carbonyl (C=O) groups excluding carboxylic acids is 1. The van der Waals surface area contributed by atoms with Crippen molar-refractivity contribution in [1.82, 2.24) is 5.32 Å². The first-order chi connectivity index (χ1) is 6.81. The van der Waals surface area contributed by atoms with E-state index < -0.39 is 0 Å². The van der Waals surface area contributed by atoms with Crippen molar-refractivity contribution in [2.75, 3.05) is 11.9 Å². The summed E-state index contributed by atoms with van der Waals surface area (Å²) >= 11 is 3.27. The van der Waals surface area contributed by atoms with Crippen LogP contribution in [0.15, 0.2) is 0 Å². The molecule has 0 fully saturated rings. The Kier molecular flexibility index (Phi) is 11.0. The summed E-state index contributed by atoms with van der Waals surface area (Å²) < 4.78 is 0. The number of amides is 1. The van der Waals surface area contributed by atoms with Crippen molar-refractivity contribution in [2.45, 2.75) is 51.9 Å². The fraction of sp³-hybridized carbons (Fsp3) is 0.909. The lowest BCUT2D eigenvalue weighted by Crippen LogP contribution is -2.24. The maximum Gasteiger partial charge on any atom is 0.220 e. The predicted octanol–water partition coefficient (Wildman–Crippen LogP) is 3.25. The molecule has 0 aliphatic heterocycles. The first kappa shape index (κ1) is 13.9. The quantitative estimate of drug-likeness (QED) is 0.502.